The predicted molar refractivity (Wildman–Crippen MR) is 138 cm³/mol. The Morgan fingerprint density at radius 3 is 2.03 bits per heavy atom. The molecule has 0 saturated carbocycles. The van der Waals surface area contributed by atoms with Crippen LogP contribution in [-0.4, -0.2) is 4.57 Å². The maximum absolute atomic E-state index is 9.08. The van der Waals surface area contributed by atoms with Crippen molar-refractivity contribution in [2.45, 2.75) is 0 Å². The van der Waals surface area contributed by atoms with E-state index >= 15 is 0 Å². The van der Waals surface area contributed by atoms with Gasteiger partial charge in [-0.05, 0) is 59.7 Å². The SMILES string of the molecule is N#Cc1ccc(-c2ccc(-n3c4ccccc4c4ccc5oc6ccccc6c5c43)cc2)cc1. The number of benzene rings is 5. The molecule has 0 radical (unpaired) electrons. The maximum Gasteiger partial charge on any atom is 0.137 e. The van der Waals surface area contributed by atoms with Crippen LogP contribution in [-0.2, 0) is 0 Å². The minimum absolute atomic E-state index is 0.669. The molecule has 2 aromatic heterocycles. The molecule has 3 heteroatoms. The Morgan fingerprint density at radius 1 is 0.588 bits per heavy atom. The predicted octanol–water partition coefficient (Wildman–Crippen LogP) is 8.22. The third-order valence-corrected chi connectivity index (χ3v) is 6.65. The summed E-state index contributed by atoms with van der Waals surface area (Å²) in [4.78, 5) is 0. The Kier molecular flexibility index (Phi) is 3.91. The van der Waals surface area contributed by atoms with Crippen LogP contribution in [0.15, 0.2) is 114 Å². The van der Waals surface area contributed by atoms with Crippen molar-refractivity contribution in [2.75, 3.05) is 0 Å². The molecule has 5 aromatic carbocycles. The van der Waals surface area contributed by atoms with Crippen molar-refractivity contribution in [3.8, 4) is 22.9 Å². The lowest BCUT2D eigenvalue weighted by Crippen LogP contribution is -1.94. The Balaban J connectivity index is 1.52. The number of fused-ring (bicyclic) bond motifs is 7. The standard InChI is InChI=1S/C31H18N2O/c32-19-20-9-11-21(12-10-20)22-13-15-23(16-14-22)33-27-7-3-1-5-24(27)25-17-18-29-30(31(25)33)26-6-2-4-8-28(26)34-29/h1-18H. The van der Waals surface area contributed by atoms with E-state index in [1.54, 1.807) is 0 Å². The van der Waals surface area contributed by atoms with Crippen LogP contribution in [0.25, 0.3) is 60.6 Å². The first kappa shape index (κ1) is 18.7. The fourth-order valence-corrected chi connectivity index (χ4v) is 5.07. The second kappa shape index (κ2) is 7.10. The molecule has 0 bridgehead atoms. The largest absolute Gasteiger partial charge is 0.456 e. The summed E-state index contributed by atoms with van der Waals surface area (Å²) in [6.07, 6.45) is 0. The number of rotatable bonds is 2. The highest BCUT2D eigenvalue weighted by Gasteiger charge is 2.18. The van der Waals surface area contributed by atoms with Gasteiger partial charge in [0.15, 0.2) is 0 Å². The van der Waals surface area contributed by atoms with Crippen LogP contribution in [0.4, 0.5) is 0 Å². The fourth-order valence-electron chi connectivity index (χ4n) is 5.07. The van der Waals surface area contributed by atoms with E-state index in [-0.39, 0.29) is 0 Å². The summed E-state index contributed by atoms with van der Waals surface area (Å²) >= 11 is 0. The Morgan fingerprint density at radius 2 is 1.26 bits per heavy atom. The van der Waals surface area contributed by atoms with Gasteiger partial charge in [0, 0.05) is 21.8 Å². The van der Waals surface area contributed by atoms with Crippen LogP contribution in [0.3, 0.4) is 0 Å². The number of para-hydroxylation sites is 2. The van der Waals surface area contributed by atoms with Crippen LogP contribution < -0.4 is 0 Å². The minimum atomic E-state index is 0.669. The molecular formula is C31H18N2O. The number of furan rings is 1. The Hall–Kier alpha value is -4.81. The number of aromatic nitrogens is 1. The molecule has 0 aliphatic carbocycles. The van der Waals surface area contributed by atoms with Gasteiger partial charge >= 0.3 is 0 Å². The molecule has 0 fully saturated rings. The summed E-state index contributed by atoms with van der Waals surface area (Å²) in [7, 11) is 0. The molecule has 0 aliphatic heterocycles. The van der Waals surface area contributed by atoms with Gasteiger partial charge in [0.2, 0.25) is 0 Å². The summed E-state index contributed by atoms with van der Waals surface area (Å²) in [6.45, 7) is 0. The van der Waals surface area contributed by atoms with Crippen molar-refractivity contribution in [3.63, 3.8) is 0 Å². The average molecular weight is 434 g/mol. The third kappa shape index (κ3) is 2.63. The van der Waals surface area contributed by atoms with E-state index < -0.39 is 0 Å². The molecule has 0 aliphatic rings. The highest BCUT2D eigenvalue weighted by molar-refractivity contribution is 6.24. The Labute approximate surface area is 195 Å². The van der Waals surface area contributed by atoms with Gasteiger partial charge in [-0.3, -0.25) is 0 Å². The van der Waals surface area contributed by atoms with Gasteiger partial charge in [0.05, 0.1) is 28.1 Å². The van der Waals surface area contributed by atoms with Crippen LogP contribution in [0.2, 0.25) is 0 Å². The van der Waals surface area contributed by atoms with Gasteiger partial charge in [0.25, 0.3) is 0 Å². The Bertz CT molecular complexity index is 1900. The average Bonchev–Trinajstić information content (AvgIpc) is 3.44. The van der Waals surface area contributed by atoms with E-state index in [0.717, 1.165) is 44.3 Å². The summed E-state index contributed by atoms with van der Waals surface area (Å²) < 4.78 is 8.55. The quantitative estimate of drug-likeness (QED) is 0.275. The van der Waals surface area contributed by atoms with E-state index in [1.165, 1.54) is 16.3 Å². The molecule has 0 atom stereocenters. The first-order valence-electron chi connectivity index (χ1n) is 11.3. The minimum Gasteiger partial charge on any atom is -0.456 e. The van der Waals surface area contributed by atoms with Crippen molar-refractivity contribution in [1.29, 1.82) is 5.26 Å². The second-order valence-electron chi connectivity index (χ2n) is 8.52. The van der Waals surface area contributed by atoms with Crippen LogP contribution in [0, 0.1) is 11.3 Å². The number of nitriles is 1. The number of hydrogen-bond acceptors (Lipinski definition) is 2. The second-order valence-corrected chi connectivity index (χ2v) is 8.52. The molecule has 0 unspecified atom stereocenters. The maximum atomic E-state index is 9.08. The van der Waals surface area contributed by atoms with Gasteiger partial charge in [-0.15, -0.1) is 0 Å². The topological polar surface area (TPSA) is 41.9 Å². The molecule has 0 N–H and O–H groups in total. The lowest BCUT2D eigenvalue weighted by atomic mass is 10.0. The molecule has 2 heterocycles. The summed E-state index contributed by atoms with van der Waals surface area (Å²) in [5.41, 5.74) is 8.10. The van der Waals surface area contributed by atoms with Crippen molar-refractivity contribution in [1.82, 2.24) is 4.57 Å². The van der Waals surface area contributed by atoms with Gasteiger partial charge in [0.1, 0.15) is 11.2 Å². The summed E-state index contributed by atoms with van der Waals surface area (Å²) in [5, 5.41) is 13.8. The van der Waals surface area contributed by atoms with Crippen LogP contribution in [0.1, 0.15) is 5.56 Å². The van der Waals surface area contributed by atoms with Crippen LogP contribution in [0.5, 0.6) is 0 Å². The summed E-state index contributed by atoms with van der Waals surface area (Å²) in [6, 6.07) is 39.6. The van der Waals surface area contributed by atoms with Gasteiger partial charge < -0.3 is 8.98 Å². The van der Waals surface area contributed by atoms with E-state index in [1.807, 2.05) is 36.4 Å². The fraction of sp³-hybridized carbons (Fsp3) is 0. The van der Waals surface area contributed by atoms with Crippen molar-refractivity contribution in [2.24, 2.45) is 0 Å². The highest BCUT2D eigenvalue weighted by Crippen LogP contribution is 2.40. The zero-order valence-corrected chi connectivity index (χ0v) is 18.2. The van der Waals surface area contributed by atoms with Crippen molar-refractivity contribution < 1.29 is 4.42 Å². The van der Waals surface area contributed by atoms with Gasteiger partial charge in [-0.25, -0.2) is 0 Å². The van der Waals surface area contributed by atoms with E-state index in [2.05, 4.69) is 83.4 Å². The molecule has 0 spiro atoms. The first-order valence-corrected chi connectivity index (χ1v) is 11.3. The van der Waals surface area contributed by atoms with Crippen LogP contribution >= 0.6 is 0 Å². The zero-order valence-electron chi connectivity index (χ0n) is 18.2. The van der Waals surface area contributed by atoms with Crippen molar-refractivity contribution in [3.05, 3.63) is 115 Å². The molecule has 0 saturated heterocycles. The third-order valence-electron chi connectivity index (χ3n) is 6.65. The number of nitrogens with zero attached hydrogens (tertiary/aromatic N) is 2. The lowest BCUT2D eigenvalue weighted by molar-refractivity contribution is 0.669. The monoisotopic (exact) mass is 434 g/mol. The first-order chi connectivity index (χ1) is 16.8. The van der Waals surface area contributed by atoms with E-state index in [9.17, 15) is 0 Å². The summed E-state index contributed by atoms with van der Waals surface area (Å²) in [5.74, 6) is 0. The normalized spacial score (nSPS) is 11.5. The molecule has 7 rings (SSSR count). The molecule has 34 heavy (non-hydrogen) atoms. The number of hydrogen-bond donors (Lipinski definition) is 0. The highest BCUT2D eigenvalue weighted by atomic mass is 16.3. The molecule has 7 aromatic rings. The van der Waals surface area contributed by atoms with Gasteiger partial charge in [-0.2, -0.15) is 5.26 Å². The molecular weight excluding hydrogens is 416 g/mol. The van der Waals surface area contributed by atoms with E-state index in [0.29, 0.717) is 5.56 Å². The van der Waals surface area contributed by atoms with E-state index in [4.69, 9.17) is 9.68 Å². The molecule has 158 valence electrons. The zero-order chi connectivity index (χ0) is 22.6. The molecule has 0 amide bonds. The lowest BCUT2D eigenvalue weighted by Gasteiger charge is -2.10. The van der Waals surface area contributed by atoms with Crippen molar-refractivity contribution >= 4 is 43.7 Å². The smallest absolute Gasteiger partial charge is 0.137 e. The molecule has 3 nitrogen and oxygen atoms in total. The van der Waals surface area contributed by atoms with Gasteiger partial charge in [-0.1, -0.05) is 60.7 Å².